The number of terminal acetylenes is 1. The Bertz CT molecular complexity index is 634. The lowest BCUT2D eigenvalue weighted by Crippen LogP contribution is -2.36. The Morgan fingerprint density at radius 1 is 1.53 bits per heavy atom. The van der Waals surface area contributed by atoms with Crippen molar-refractivity contribution >= 4 is 27.6 Å². The number of carboxylic acid groups (broad SMARTS) is 1. The van der Waals surface area contributed by atoms with Crippen molar-refractivity contribution in [1.82, 2.24) is 4.31 Å². The van der Waals surface area contributed by atoms with Crippen LogP contribution in [0.3, 0.4) is 0 Å². The second-order valence-electron chi connectivity index (χ2n) is 3.78. The summed E-state index contributed by atoms with van der Waals surface area (Å²) in [5.41, 5.74) is 0.430. The van der Waals surface area contributed by atoms with Gasteiger partial charge in [-0.2, -0.15) is 4.31 Å². The first-order valence-corrected chi connectivity index (χ1v) is 7.02. The summed E-state index contributed by atoms with van der Waals surface area (Å²) in [6, 6.07) is 4.25. The smallest absolute Gasteiger partial charge is 0.318 e. The van der Waals surface area contributed by atoms with E-state index in [2.05, 4.69) is 5.92 Å². The van der Waals surface area contributed by atoms with Gasteiger partial charge in [-0.3, -0.25) is 4.79 Å². The number of nitrogens with zero attached hydrogens (tertiary/aromatic N) is 1. The summed E-state index contributed by atoms with van der Waals surface area (Å²) in [5.74, 6) is 0.864. The van der Waals surface area contributed by atoms with E-state index in [1.54, 1.807) is 6.92 Å². The summed E-state index contributed by atoms with van der Waals surface area (Å²) < 4.78 is 25.4. The Balaban J connectivity index is 3.27. The first-order chi connectivity index (χ1) is 8.78. The molecule has 0 heterocycles. The average Bonchev–Trinajstić information content (AvgIpc) is 2.27. The Morgan fingerprint density at radius 3 is 2.63 bits per heavy atom. The molecule has 0 spiro atoms. The molecule has 1 aromatic rings. The first-order valence-electron chi connectivity index (χ1n) is 5.20. The van der Waals surface area contributed by atoms with E-state index < -0.39 is 22.5 Å². The van der Waals surface area contributed by atoms with Crippen molar-refractivity contribution < 1.29 is 18.3 Å². The molecule has 0 aliphatic carbocycles. The molecular formula is C12H12ClNO4S. The zero-order valence-corrected chi connectivity index (χ0v) is 11.7. The Labute approximate surface area is 116 Å². The van der Waals surface area contributed by atoms with Crippen LogP contribution in [-0.4, -0.2) is 36.9 Å². The highest BCUT2D eigenvalue weighted by Gasteiger charge is 2.27. The molecule has 0 radical (unpaired) electrons. The van der Waals surface area contributed by atoms with Gasteiger partial charge in [0.05, 0.1) is 11.4 Å². The number of rotatable bonds is 5. The number of carbonyl (C=O) groups is 1. The first kappa shape index (κ1) is 15.5. The van der Waals surface area contributed by atoms with Gasteiger partial charge in [-0.05, 0) is 30.7 Å². The number of hydrogen-bond acceptors (Lipinski definition) is 3. The molecule has 0 saturated carbocycles. The molecule has 0 fully saturated rings. The third kappa shape index (κ3) is 3.70. The second kappa shape index (κ2) is 6.06. The summed E-state index contributed by atoms with van der Waals surface area (Å²) >= 11 is 5.76. The molecule has 19 heavy (non-hydrogen) atoms. The van der Waals surface area contributed by atoms with Gasteiger partial charge < -0.3 is 5.11 Å². The van der Waals surface area contributed by atoms with Crippen molar-refractivity contribution in [2.45, 2.75) is 11.8 Å². The van der Waals surface area contributed by atoms with E-state index in [1.165, 1.54) is 18.2 Å². The zero-order chi connectivity index (χ0) is 14.6. The lowest BCUT2D eigenvalue weighted by Gasteiger charge is -2.19. The van der Waals surface area contributed by atoms with Gasteiger partial charge in [-0.1, -0.05) is 17.5 Å². The SMILES string of the molecule is C#CCN(CC(=O)O)S(=O)(=O)c1ccc(Cl)cc1C. The highest BCUT2D eigenvalue weighted by molar-refractivity contribution is 7.89. The van der Waals surface area contributed by atoms with Crippen molar-refractivity contribution in [3.8, 4) is 12.3 Å². The molecule has 0 saturated heterocycles. The lowest BCUT2D eigenvalue weighted by molar-refractivity contribution is -0.137. The molecule has 0 amide bonds. The van der Waals surface area contributed by atoms with Crippen molar-refractivity contribution in [3.63, 3.8) is 0 Å². The fourth-order valence-electron chi connectivity index (χ4n) is 1.52. The van der Waals surface area contributed by atoms with Crippen molar-refractivity contribution in [2.24, 2.45) is 0 Å². The third-order valence-electron chi connectivity index (χ3n) is 2.33. The molecule has 0 aromatic heterocycles. The molecule has 1 N–H and O–H groups in total. The van der Waals surface area contributed by atoms with E-state index in [-0.39, 0.29) is 11.4 Å². The number of sulfonamides is 1. The van der Waals surface area contributed by atoms with Crippen LogP contribution in [0.25, 0.3) is 0 Å². The normalized spacial score (nSPS) is 11.3. The van der Waals surface area contributed by atoms with Crippen molar-refractivity contribution in [2.75, 3.05) is 13.1 Å². The highest BCUT2D eigenvalue weighted by atomic mass is 35.5. The maximum absolute atomic E-state index is 12.3. The van der Waals surface area contributed by atoms with Gasteiger partial charge >= 0.3 is 5.97 Å². The molecule has 0 aliphatic rings. The van der Waals surface area contributed by atoms with Crippen LogP contribution in [0.5, 0.6) is 0 Å². The number of aryl methyl sites for hydroxylation is 1. The van der Waals surface area contributed by atoms with E-state index in [0.29, 0.717) is 10.6 Å². The molecule has 1 rings (SSSR count). The minimum Gasteiger partial charge on any atom is -0.480 e. The number of halogens is 1. The van der Waals surface area contributed by atoms with E-state index in [9.17, 15) is 13.2 Å². The van der Waals surface area contributed by atoms with Crippen LogP contribution in [0.2, 0.25) is 5.02 Å². The highest BCUT2D eigenvalue weighted by Crippen LogP contribution is 2.22. The topological polar surface area (TPSA) is 74.7 Å². The maximum Gasteiger partial charge on any atom is 0.318 e. The molecule has 0 bridgehead atoms. The Morgan fingerprint density at radius 2 is 2.16 bits per heavy atom. The van der Waals surface area contributed by atoms with Crippen LogP contribution in [0.1, 0.15) is 5.56 Å². The lowest BCUT2D eigenvalue weighted by atomic mass is 10.2. The number of hydrogen-bond donors (Lipinski definition) is 1. The number of benzene rings is 1. The van der Waals surface area contributed by atoms with Crippen LogP contribution in [0.4, 0.5) is 0 Å². The summed E-state index contributed by atoms with van der Waals surface area (Å²) in [4.78, 5) is 10.7. The van der Waals surface area contributed by atoms with E-state index in [0.717, 1.165) is 4.31 Å². The summed E-state index contributed by atoms with van der Waals surface area (Å²) in [5, 5.41) is 9.14. The number of carboxylic acids is 1. The summed E-state index contributed by atoms with van der Waals surface area (Å²) in [7, 11) is -3.95. The average molecular weight is 302 g/mol. The van der Waals surface area contributed by atoms with Crippen LogP contribution in [0.15, 0.2) is 23.1 Å². The van der Waals surface area contributed by atoms with E-state index in [4.69, 9.17) is 23.1 Å². The molecule has 1 aromatic carbocycles. The van der Waals surface area contributed by atoms with Gasteiger partial charge in [0.1, 0.15) is 6.54 Å². The standard InChI is InChI=1S/C12H12ClNO4S/c1-3-6-14(8-12(15)16)19(17,18)11-5-4-10(13)7-9(11)2/h1,4-5,7H,6,8H2,2H3,(H,15,16). The molecule has 0 atom stereocenters. The van der Waals surface area contributed by atoms with Crippen LogP contribution in [0, 0.1) is 19.3 Å². The van der Waals surface area contributed by atoms with Crippen molar-refractivity contribution in [1.29, 1.82) is 0 Å². The quantitative estimate of drug-likeness (QED) is 0.833. The predicted molar refractivity (Wildman–Crippen MR) is 71.4 cm³/mol. The van der Waals surface area contributed by atoms with Gasteiger partial charge in [0.15, 0.2) is 0 Å². The monoisotopic (exact) mass is 301 g/mol. The molecule has 5 nitrogen and oxygen atoms in total. The summed E-state index contributed by atoms with van der Waals surface area (Å²) in [6.07, 6.45) is 5.07. The predicted octanol–water partition coefficient (Wildman–Crippen LogP) is 1.36. The van der Waals surface area contributed by atoms with Gasteiger partial charge in [-0.25, -0.2) is 8.42 Å². The summed E-state index contributed by atoms with van der Waals surface area (Å²) in [6.45, 7) is 0.582. The number of aliphatic carboxylic acids is 1. The third-order valence-corrected chi connectivity index (χ3v) is 4.52. The van der Waals surface area contributed by atoms with E-state index >= 15 is 0 Å². The minimum absolute atomic E-state index is 0.00611. The fourth-order valence-corrected chi connectivity index (χ4v) is 3.26. The largest absolute Gasteiger partial charge is 0.480 e. The minimum atomic E-state index is -3.95. The van der Waals surface area contributed by atoms with Gasteiger partial charge in [0.2, 0.25) is 10.0 Å². The second-order valence-corrected chi connectivity index (χ2v) is 6.12. The Hall–Kier alpha value is -1.55. The molecule has 102 valence electrons. The van der Waals surface area contributed by atoms with Crippen molar-refractivity contribution in [3.05, 3.63) is 28.8 Å². The van der Waals surface area contributed by atoms with E-state index in [1.807, 2.05) is 0 Å². The fraction of sp³-hybridized carbons (Fsp3) is 0.250. The van der Waals surface area contributed by atoms with Gasteiger partial charge in [0, 0.05) is 5.02 Å². The van der Waals surface area contributed by atoms with Gasteiger partial charge in [-0.15, -0.1) is 6.42 Å². The Kier molecular flexibility index (Phi) is 4.95. The molecule has 7 heteroatoms. The van der Waals surface area contributed by atoms with Crippen LogP contribution < -0.4 is 0 Å². The molecule has 0 aliphatic heterocycles. The zero-order valence-electron chi connectivity index (χ0n) is 10.1. The maximum atomic E-state index is 12.3. The van der Waals surface area contributed by atoms with Gasteiger partial charge in [0.25, 0.3) is 0 Å². The van der Waals surface area contributed by atoms with Crippen LogP contribution >= 0.6 is 11.6 Å². The van der Waals surface area contributed by atoms with Crippen LogP contribution in [-0.2, 0) is 14.8 Å². The molecular weight excluding hydrogens is 290 g/mol. The molecule has 0 unspecified atom stereocenters.